The molecule has 0 unspecified atom stereocenters. The van der Waals surface area contributed by atoms with Crippen LogP contribution in [-0.4, -0.2) is 36.0 Å². The van der Waals surface area contributed by atoms with E-state index in [0.29, 0.717) is 18.8 Å². The van der Waals surface area contributed by atoms with Crippen LogP contribution in [0.25, 0.3) is 0 Å². The van der Waals surface area contributed by atoms with Crippen LogP contribution in [0.3, 0.4) is 0 Å². The van der Waals surface area contributed by atoms with Crippen LogP contribution in [0.5, 0.6) is 0 Å². The first-order valence-corrected chi connectivity index (χ1v) is 9.41. The van der Waals surface area contributed by atoms with E-state index in [9.17, 15) is 8.42 Å². The van der Waals surface area contributed by atoms with E-state index >= 15 is 0 Å². The number of rotatable bonds is 7. The van der Waals surface area contributed by atoms with E-state index in [1.54, 1.807) is 12.1 Å². The molecule has 8 heteroatoms. The second-order valence-corrected chi connectivity index (χ2v) is 7.58. The van der Waals surface area contributed by atoms with Crippen molar-refractivity contribution in [2.75, 3.05) is 13.1 Å². The summed E-state index contributed by atoms with van der Waals surface area (Å²) in [5.74, 6) is 1.37. The van der Waals surface area contributed by atoms with Gasteiger partial charge in [-0.3, -0.25) is 0 Å². The normalized spacial score (nSPS) is 12.0. The second kappa shape index (κ2) is 7.26. The smallest absolute Gasteiger partial charge is 0.244 e. The van der Waals surface area contributed by atoms with Gasteiger partial charge in [-0.1, -0.05) is 30.8 Å². The van der Waals surface area contributed by atoms with Gasteiger partial charge in [0.05, 0.1) is 16.5 Å². The van der Waals surface area contributed by atoms with Crippen molar-refractivity contribution in [2.24, 2.45) is 0 Å². The fourth-order valence-corrected chi connectivity index (χ4v) is 4.07. The van der Waals surface area contributed by atoms with Gasteiger partial charge in [0.15, 0.2) is 0 Å². The van der Waals surface area contributed by atoms with Crippen LogP contribution in [0.2, 0.25) is 0 Å². The van der Waals surface area contributed by atoms with Gasteiger partial charge in [0.2, 0.25) is 10.0 Å². The summed E-state index contributed by atoms with van der Waals surface area (Å²) < 4.78 is 31.2. The SMILES string of the molecule is CCN(CC)S(=O)(=O)c1ccc(SCc2cc(C)no2)nc1. The van der Waals surface area contributed by atoms with Crippen molar-refractivity contribution in [2.45, 2.75) is 36.4 Å². The highest BCUT2D eigenvalue weighted by molar-refractivity contribution is 7.98. The Morgan fingerprint density at radius 1 is 1.27 bits per heavy atom. The molecule has 2 rings (SSSR count). The van der Waals surface area contributed by atoms with Gasteiger partial charge < -0.3 is 4.52 Å². The molecule has 0 amide bonds. The molecular weight excluding hydrogens is 322 g/mol. The third kappa shape index (κ3) is 3.88. The topological polar surface area (TPSA) is 76.3 Å². The maximum Gasteiger partial charge on any atom is 0.244 e. The number of hydrogen-bond donors (Lipinski definition) is 0. The van der Waals surface area contributed by atoms with Crippen molar-refractivity contribution >= 4 is 21.8 Å². The van der Waals surface area contributed by atoms with E-state index in [4.69, 9.17) is 4.52 Å². The number of aryl methyl sites for hydroxylation is 1. The molecule has 120 valence electrons. The molecule has 0 aliphatic heterocycles. The average molecular weight is 341 g/mol. The first kappa shape index (κ1) is 17.0. The summed E-state index contributed by atoms with van der Waals surface area (Å²) in [6.45, 7) is 6.39. The van der Waals surface area contributed by atoms with E-state index in [1.807, 2.05) is 26.8 Å². The number of thioether (sulfide) groups is 1. The monoisotopic (exact) mass is 341 g/mol. The minimum Gasteiger partial charge on any atom is -0.360 e. The molecule has 2 aromatic heterocycles. The third-order valence-electron chi connectivity index (χ3n) is 3.09. The molecule has 0 aromatic carbocycles. The molecule has 2 aromatic rings. The van der Waals surface area contributed by atoms with E-state index in [-0.39, 0.29) is 4.90 Å². The standard InChI is InChI=1S/C14H19N3O3S2/c1-4-17(5-2)22(18,19)13-6-7-14(15-9-13)21-10-12-8-11(3)16-20-12/h6-9H,4-5,10H2,1-3H3. The Kier molecular flexibility index (Phi) is 5.60. The van der Waals surface area contributed by atoms with E-state index in [2.05, 4.69) is 10.1 Å². The second-order valence-electron chi connectivity index (χ2n) is 4.64. The first-order chi connectivity index (χ1) is 10.5. The summed E-state index contributed by atoms with van der Waals surface area (Å²) in [4.78, 5) is 4.43. The number of nitrogens with zero attached hydrogens (tertiary/aromatic N) is 3. The van der Waals surface area contributed by atoms with Gasteiger partial charge in [-0.2, -0.15) is 4.31 Å². The molecule has 0 fully saturated rings. The van der Waals surface area contributed by atoms with Gasteiger partial charge in [0, 0.05) is 25.4 Å². The predicted molar refractivity (Wildman–Crippen MR) is 85.1 cm³/mol. The lowest BCUT2D eigenvalue weighted by molar-refractivity contribution is 0.391. The predicted octanol–water partition coefficient (Wildman–Crippen LogP) is 2.70. The van der Waals surface area contributed by atoms with Gasteiger partial charge in [-0.05, 0) is 19.1 Å². The highest BCUT2D eigenvalue weighted by Crippen LogP contribution is 2.23. The van der Waals surface area contributed by atoms with E-state index in [0.717, 1.165) is 16.5 Å². The minimum atomic E-state index is -3.45. The van der Waals surface area contributed by atoms with Crippen LogP contribution in [0.4, 0.5) is 0 Å². The summed E-state index contributed by atoms with van der Waals surface area (Å²) >= 11 is 1.47. The zero-order valence-electron chi connectivity index (χ0n) is 12.8. The summed E-state index contributed by atoms with van der Waals surface area (Å²) in [5, 5.41) is 4.56. The Labute approximate surface area is 135 Å². The highest BCUT2D eigenvalue weighted by Gasteiger charge is 2.21. The van der Waals surface area contributed by atoms with Crippen LogP contribution >= 0.6 is 11.8 Å². The van der Waals surface area contributed by atoms with Crippen molar-refractivity contribution < 1.29 is 12.9 Å². The fraction of sp³-hybridized carbons (Fsp3) is 0.429. The molecule has 0 N–H and O–H groups in total. The zero-order chi connectivity index (χ0) is 16.2. The Morgan fingerprint density at radius 2 is 2.00 bits per heavy atom. The lowest BCUT2D eigenvalue weighted by atomic mass is 10.4. The van der Waals surface area contributed by atoms with Crippen molar-refractivity contribution in [1.82, 2.24) is 14.4 Å². The molecule has 6 nitrogen and oxygen atoms in total. The van der Waals surface area contributed by atoms with E-state index < -0.39 is 10.0 Å². The molecule has 0 radical (unpaired) electrons. The van der Waals surface area contributed by atoms with Gasteiger partial charge >= 0.3 is 0 Å². The Bertz CT molecular complexity index is 707. The molecule has 0 saturated carbocycles. The fourth-order valence-electron chi connectivity index (χ4n) is 1.95. The van der Waals surface area contributed by atoms with Crippen LogP contribution in [0.15, 0.2) is 38.8 Å². The average Bonchev–Trinajstić information content (AvgIpc) is 2.92. The zero-order valence-corrected chi connectivity index (χ0v) is 14.4. The molecule has 0 atom stereocenters. The summed E-state index contributed by atoms with van der Waals surface area (Å²) in [5.41, 5.74) is 0.837. The maximum atomic E-state index is 12.3. The highest BCUT2D eigenvalue weighted by atomic mass is 32.2. The summed E-state index contributed by atoms with van der Waals surface area (Å²) in [6, 6.07) is 5.17. The quantitative estimate of drug-likeness (QED) is 0.721. The van der Waals surface area contributed by atoms with E-state index in [1.165, 1.54) is 22.3 Å². The van der Waals surface area contributed by atoms with Crippen LogP contribution in [0.1, 0.15) is 25.3 Å². The lowest BCUT2D eigenvalue weighted by Gasteiger charge is -2.18. The molecule has 0 aliphatic carbocycles. The molecule has 0 aliphatic rings. The molecular formula is C14H19N3O3S2. The summed E-state index contributed by atoms with van der Waals surface area (Å²) in [6.07, 6.45) is 1.40. The Balaban J connectivity index is 2.07. The lowest BCUT2D eigenvalue weighted by Crippen LogP contribution is -2.30. The summed E-state index contributed by atoms with van der Waals surface area (Å²) in [7, 11) is -3.45. The van der Waals surface area contributed by atoms with Gasteiger partial charge in [-0.15, -0.1) is 0 Å². The number of aromatic nitrogens is 2. The molecule has 0 spiro atoms. The van der Waals surface area contributed by atoms with Crippen LogP contribution in [0, 0.1) is 6.92 Å². The number of sulfonamides is 1. The molecule has 0 saturated heterocycles. The maximum absolute atomic E-state index is 12.3. The van der Waals surface area contributed by atoms with Gasteiger partial charge in [0.1, 0.15) is 10.7 Å². The Morgan fingerprint density at radius 3 is 2.50 bits per heavy atom. The number of hydrogen-bond acceptors (Lipinski definition) is 6. The van der Waals surface area contributed by atoms with Crippen molar-refractivity contribution in [1.29, 1.82) is 0 Å². The van der Waals surface area contributed by atoms with Gasteiger partial charge in [0.25, 0.3) is 0 Å². The Hall–Kier alpha value is -1.38. The largest absolute Gasteiger partial charge is 0.360 e. The van der Waals surface area contributed by atoms with Crippen molar-refractivity contribution in [3.8, 4) is 0 Å². The first-order valence-electron chi connectivity index (χ1n) is 6.98. The molecule has 2 heterocycles. The number of pyridine rings is 1. The van der Waals surface area contributed by atoms with Crippen molar-refractivity contribution in [3.63, 3.8) is 0 Å². The molecule has 0 bridgehead atoms. The third-order valence-corrected chi connectivity index (χ3v) is 6.09. The van der Waals surface area contributed by atoms with Crippen molar-refractivity contribution in [3.05, 3.63) is 35.9 Å². The van der Waals surface area contributed by atoms with Crippen LogP contribution in [-0.2, 0) is 15.8 Å². The van der Waals surface area contributed by atoms with Crippen LogP contribution < -0.4 is 0 Å². The molecule has 22 heavy (non-hydrogen) atoms. The minimum absolute atomic E-state index is 0.219. The van der Waals surface area contributed by atoms with Gasteiger partial charge in [-0.25, -0.2) is 13.4 Å².